The molecule has 0 amide bonds. The average molecular weight is 344 g/mol. The van der Waals surface area contributed by atoms with Crippen LogP contribution in [0.25, 0.3) is 0 Å². The number of carbonyl (C=O) groups is 1. The topological polar surface area (TPSA) is 29.4 Å². The van der Waals surface area contributed by atoms with E-state index in [1.165, 1.54) is 11.1 Å². The van der Waals surface area contributed by atoms with Crippen LogP contribution in [0.4, 0.5) is 0 Å². The van der Waals surface area contributed by atoms with E-state index in [9.17, 15) is 4.79 Å². The first kappa shape index (κ1) is 15.6. The fraction of sp³-hybridized carbons (Fsp3) is 0.222. The third-order valence-electron chi connectivity index (χ3n) is 3.28. The van der Waals surface area contributed by atoms with E-state index in [0.29, 0.717) is 13.0 Å². The SMILES string of the molecule is CCc1ccc(CN=CCC(=O)c2ccc(Br)cc2)cc1. The quantitative estimate of drug-likeness (QED) is 0.544. The van der Waals surface area contributed by atoms with Gasteiger partial charge < -0.3 is 0 Å². The summed E-state index contributed by atoms with van der Waals surface area (Å²) in [6, 6.07) is 15.8. The third-order valence-corrected chi connectivity index (χ3v) is 3.81. The number of carbonyl (C=O) groups excluding carboxylic acids is 1. The van der Waals surface area contributed by atoms with Crippen LogP contribution in [0.5, 0.6) is 0 Å². The summed E-state index contributed by atoms with van der Waals surface area (Å²) in [4.78, 5) is 16.3. The Bertz CT molecular complexity index is 615. The minimum absolute atomic E-state index is 0.0904. The number of halogens is 1. The van der Waals surface area contributed by atoms with Gasteiger partial charge in [0, 0.05) is 22.7 Å². The van der Waals surface area contributed by atoms with E-state index in [4.69, 9.17) is 0 Å². The zero-order chi connectivity index (χ0) is 15.1. The Hall–Kier alpha value is -1.74. The number of aryl methyl sites for hydroxylation is 1. The van der Waals surface area contributed by atoms with Crippen LogP contribution in [0, 0.1) is 0 Å². The Morgan fingerprint density at radius 2 is 1.67 bits per heavy atom. The molecule has 108 valence electrons. The highest BCUT2D eigenvalue weighted by Gasteiger charge is 2.03. The number of ketones is 1. The molecule has 3 heteroatoms. The van der Waals surface area contributed by atoms with Crippen LogP contribution in [-0.2, 0) is 13.0 Å². The van der Waals surface area contributed by atoms with Crippen LogP contribution in [0.1, 0.15) is 34.8 Å². The molecule has 21 heavy (non-hydrogen) atoms. The van der Waals surface area contributed by atoms with Crippen LogP contribution in [0.2, 0.25) is 0 Å². The van der Waals surface area contributed by atoms with Gasteiger partial charge in [0.2, 0.25) is 0 Å². The molecule has 0 saturated carbocycles. The molecule has 0 atom stereocenters. The van der Waals surface area contributed by atoms with Crippen LogP contribution in [-0.4, -0.2) is 12.0 Å². The van der Waals surface area contributed by atoms with Gasteiger partial charge in [-0.05, 0) is 29.7 Å². The first-order valence-corrected chi connectivity index (χ1v) is 7.83. The van der Waals surface area contributed by atoms with Gasteiger partial charge in [-0.25, -0.2) is 0 Å². The largest absolute Gasteiger partial charge is 0.294 e. The van der Waals surface area contributed by atoms with E-state index in [1.54, 1.807) is 6.21 Å². The summed E-state index contributed by atoms with van der Waals surface area (Å²) >= 11 is 3.36. The molecule has 0 saturated heterocycles. The summed E-state index contributed by atoms with van der Waals surface area (Å²) in [5.74, 6) is 0.0904. The van der Waals surface area contributed by atoms with Gasteiger partial charge in [-0.3, -0.25) is 9.79 Å². The summed E-state index contributed by atoms with van der Waals surface area (Å²) in [5.41, 5.74) is 3.21. The molecule has 0 aliphatic rings. The molecule has 0 spiro atoms. The van der Waals surface area contributed by atoms with E-state index < -0.39 is 0 Å². The standard InChI is InChI=1S/C18H18BrNO/c1-2-14-3-5-15(6-4-14)13-20-12-11-18(21)16-7-9-17(19)10-8-16/h3-10,12H,2,11,13H2,1H3. The second kappa shape index (κ2) is 7.89. The van der Waals surface area contributed by atoms with Crippen molar-refractivity contribution in [2.75, 3.05) is 0 Å². The van der Waals surface area contributed by atoms with E-state index in [2.05, 4.69) is 52.1 Å². The highest BCUT2D eigenvalue weighted by atomic mass is 79.9. The van der Waals surface area contributed by atoms with Gasteiger partial charge in [-0.2, -0.15) is 0 Å². The molecule has 0 aromatic heterocycles. The zero-order valence-corrected chi connectivity index (χ0v) is 13.6. The molecule has 2 nitrogen and oxygen atoms in total. The van der Waals surface area contributed by atoms with E-state index in [1.807, 2.05) is 24.3 Å². The number of hydrogen-bond acceptors (Lipinski definition) is 2. The van der Waals surface area contributed by atoms with Gasteiger partial charge in [-0.1, -0.05) is 59.3 Å². The first-order valence-electron chi connectivity index (χ1n) is 7.04. The lowest BCUT2D eigenvalue weighted by atomic mass is 10.1. The minimum atomic E-state index is 0.0904. The fourth-order valence-corrected chi connectivity index (χ4v) is 2.22. The molecule has 0 bridgehead atoms. The third kappa shape index (κ3) is 4.94. The molecule has 2 aromatic carbocycles. The van der Waals surface area contributed by atoms with Crippen molar-refractivity contribution < 1.29 is 4.79 Å². The second-order valence-corrected chi connectivity index (χ2v) is 5.74. The van der Waals surface area contributed by atoms with Crippen molar-refractivity contribution in [2.24, 2.45) is 4.99 Å². The summed E-state index contributed by atoms with van der Waals surface area (Å²) in [6.07, 6.45) is 3.10. The number of aliphatic imine (C=N–C) groups is 1. The van der Waals surface area contributed by atoms with Crippen LogP contribution < -0.4 is 0 Å². The van der Waals surface area contributed by atoms with Crippen LogP contribution >= 0.6 is 15.9 Å². The van der Waals surface area contributed by atoms with Crippen molar-refractivity contribution >= 4 is 27.9 Å². The molecule has 0 heterocycles. The van der Waals surface area contributed by atoms with Gasteiger partial charge >= 0.3 is 0 Å². The lowest BCUT2D eigenvalue weighted by Gasteiger charge is -2.00. The van der Waals surface area contributed by atoms with E-state index >= 15 is 0 Å². The number of hydrogen-bond donors (Lipinski definition) is 0. The number of nitrogens with zero attached hydrogens (tertiary/aromatic N) is 1. The number of benzene rings is 2. The van der Waals surface area contributed by atoms with Crippen molar-refractivity contribution in [1.82, 2.24) is 0 Å². The lowest BCUT2D eigenvalue weighted by molar-refractivity contribution is 0.100. The van der Waals surface area contributed by atoms with Crippen molar-refractivity contribution in [3.05, 3.63) is 69.7 Å². The average Bonchev–Trinajstić information content (AvgIpc) is 2.52. The molecule has 2 rings (SSSR count). The Labute approximate surface area is 134 Å². The van der Waals surface area contributed by atoms with Gasteiger partial charge in [-0.15, -0.1) is 0 Å². The molecule has 0 aliphatic heterocycles. The monoisotopic (exact) mass is 343 g/mol. The van der Waals surface area contributed by atoms with Gasteiger partial charge in [0.15, 0.2) is 5.78 Å². The predicted octanol–water partition coefficient (Wildman–Crippen LogP) is 4.86. The molecular weight excluding hydrogens is 326 g/mol. The Kier molecular flexibility index (Phi) is 5.88. The maximum absolute atomic E-state index is 11.9. The molecule has 0 unspecified atom stereocenters. The van der Waals surface area contributed by atoms with Crippen LogP contribution in [0.3, 0.4) is 0 Å². The molecule has 2 aromatic rings. The summed E-state index contributed by atoms with van der Waals surface area (Å²) in [7, 11) is 0. The van der Waals surface area contributed by atoms with Crippen LogP contribution in [0.15, 0.2) is 58.0 Å². The highest BCUT2D eigenvalue weighted by molar-refractivity contribution is 9.10. The Morgan fingerprint density at radius 1 is 1.05 bits per heavy atom. The first-order chi connectivity index (χ1) is 10.2. The molecule has 0 fully saturated rings. The molecular formula is C18H18BrNO. The fourth-order valence-electron chi connectivity index (χ4n) is 1.95. The maximum Gasteiger partial charge on any atom is 0.168 e. The zero-order valence-electron chi connectivity index (χ0n) is 12.1. The van der Waals surface area contributed by atoms with Crippen molar-refractivity contribution in [1.29, 1.82) is 0 Å². The van der Waals surface area contributed by atoms with Crippen molar-refractivity contribution in [2.45, 2.75) is 26.3 Å². The van der Waals surface area contributed by atoms with Gasteiger partial charge in [0.05, 0.1) is 6.54 Å². The van der Waals surface area contributed by atoms with Crippen molar-refractivity contribution in [3.63, 3.8) is 0 Å². The van der Waals surface area contributed by atoms with Gasteiger partial charge in [0.25, 0.3) is 0 Å². The van der Waals surface area contributed by atoms with E-state index in [0.717, 1.165) is 16.5 Å². The number of rotatable bonds is 6. The smallest absolute Gasteiger partial charge is 0.168 e. The summed E-state index contributed by atoms with van der Waals surface area (Å²) in [5, 5.41) is 0. The number of Topliss-reactive ketones (excluding diaryl/α,β-unsaturated/α-hetero) is 1. The Balaban J connectivity index is 1.84. The molecule has 0 radical (unpaired) electrons. The molecule has 0 N–H and O–H groups in total. The minimum Gasteiger partial charge on any atom is -0.294 e. The summed E-state index contributed by atoms with van der Waals surface area (Å²) < 4.78 is 0.975. The Morgan fingerprint density at radius 3 is 2.29 bits per heavy atom. The maximum atomic E-state index is 11.9. The van der Waals surface area contributed by atoms with E-state index in [-0.39, 0.29) is 5.78 Å². The molecule has 0 aliphatic carbocycles. The predicted molar refractivity (Wildman–Crippen MR) is 91.1 cm³/mol. The lowest BCUT2D eigenvalue weighted by Crippen LogP contribution is -1.99. The normalized spacial score (nSPS) is 11.0. The van der Waals surface area contributed by atoms with Gasteiger partial charge in [0.1, 0.15) is 0 Å². The van der Waals surface area contributed by atoms with Crippen molar-refractivity contribution in [3.8, 4) is 0 Å². The highest BCUT2D eigenvalue weighted by Crippen LogP contribution is 2.11. The second-order valence-electron chi connectivity index (χ2n) is 4.83. The summed E-state index contributed by atoms with van der Waals surface area (Å²) in [6.45, 7) is 2.76.